The fourth-order valence-corrected chi connectivity index (χ4v) is 4.42. The number of anilines is 1. The molecule has 5 heteroatoms. The van der Waals surface area contributed by atoms with Crippen molar-refractivity contribution >= 4 is 34.2 Å². The number of aryl methyl sites for hydroxylation is 1. The summed E-state index contributed by atoms with van der Waals surface area (Å²) < 4.78 is 2.22. The van der Waals surface area contributed by atoms with Gasteiger partial charge in [0.2, 0.25) is 5.91 Å². The second-order valence-electron chi connectivity index (χ2n) is 7.88. The van der Waals surface area contributed by atoms with Crippen LogP contribution in [-0.2, 0) is 11.3 Å². The lowest BCUT2D eigenvalue weighted by molar-refractivity contribution is -0.117. The smallest absolute Gasteiger partial charge is 0.227 e. The number of fused-ring (bicyclic) bond motifs is 1. The molecule has 0 N–H and O–H groups in total. The first-order chi connectivity index (χ1) is 14.6. The van der Waals surface area contributed by atoms with Gasteiger partial charge in [-0.25, -0.2) is 4.98 Å². The van der Waals surface area contributed by atoms with Crippen molar-refractivity contribution in [2.24, 2.45) is 0 Å². The summed E-state index contributed by atoms with van der Waals surface area (Å²) in [6.07, 6.45) is 0.458. The molecule has 1 saturated heterocycles. The van der Waals surface area contributed by atoms with E-state index >= 15 is 0 Å². The average Bonchev–Trinajstić information content (AvgIpc) is 3.31. The van der Waals surface area contributed by atoms with Gasteiger partial charge in [0.05, 0.1) is 17.6 Å². The molecule has 1 aromatic heterocycles. The maximum Gasteiger partial charge on any atom is 0.227 e. The molecule has 1 aliphatic heterocycles. The second-order valence-corrected chi connectivity index (χ2v) is 8.28. The number of imidazole rings is 1. The molecule has 1 amide bonds. The molecule has 4 aromatic rings. The highest BCUT2D eigenvalue weighted by atomic mass is 35.5. The zero-order chi connectivity index (χ0) is 20.7. The van der Waals surface area contributed by atoms with E-state index in [-0.39, 0.29) is 11.8 Å². The van der Waals surface area contributed by atoms with E-state index < -0.39 is 0 Å². The van der Waals surface area contributed by atoms with Crippen LogP contribution >= 0.6 is 11.6 Å². The molecule has 0 saturated carbocycles. The van der Waals surface area contributed by atoms with Crippen LogP contribution in [0.5, 0.6) is 0 Å². The van der Waals surface area contributed by atoms with Gasteiger partial charge >= 0.3 is 0 Å². The molecule has 1 aliphatic rings. The van der Waals surface area contributed by atoms with Gasteiger partial charge in [0.25, 0.3) is 0 Å². The molecule has 0 bridgehead atoms. The molecule has 5 rings (SSSR count). The summed E-state index contributed by atoms with van der Waals surface area (Å²) in [7, 11) is 0. The van der Waals surface area contributed by atoms with Crippen molar-refractivity contribution in [1.82, 2.24) is 9.55 Å². The molecule has 150 valence electrons. The van der Waals surface area contributed by atoms with Crippen LogP contribution in [0.15, 0.2) is 72.8 Å². The van der Waals surface area contributed by atoms with E-state index in [0.29, 0.717) is 19.5 Å². The molecule has 0 aliphatic carbocycles. The first-order valence-corrected chi connectivity index (χ1v) is 10.5. The average molecular weight is 416 g/mol. The van der Waals surface area contributed by atoms with E-state index in [4.69, 9.17) is 16.6 Å². The number of para-hydroxylation sites is 2. The van der Waals surface area contributed by atoms with Gasteiger partial charge in [-0.1, -0.05) is 59.6 Å². The first-order valence-electron chi connectivity index (χ1n) is 10.2. The topological polar surface area (TPSA) is 38.1 Å². The molecule has 4 nitrogen and oxygen atoms in total. The van der Waals surface area contributed by atoms with Crippen molar-refractivity contribution in [1.29, 1.82) is 0 Å². The third-order valence-corrected chi connectivity index (χ3v) is 6.17. The summed E-state index contributed by atoms with van der Waals surface area (Å²) in [5, 5.41) is 0.741. The van der Waals surface area contributed by atoms with Crippen molar-refractivity contribution < 1.29 is 4.79 Å². The summed E-state index contributed by atoms with van der Waals surface area (Å²) in [6.45, 7) is 3.31. The molecule has 0 spiro atoms. The molecular weight excluding hydrogens is 394 g/mol. The van der Waals surface area contributed by atoms with E-state index in [0.717, 1.165) is 33.1 Å². The standard InChI is InChI=1S/C25H22ClN3O/c1-17-10-12-20(13-11-17)28-16-19(14-24(28)30)25-27-22-8-4-5-9-23(22)29(25)15-18-6-2-3-7-21(18)26/h2-13,19H,14-16H2,1H3/t19-/m0/s1. The molecule has 2 heterocycles. The fraction of sp³-hybridized carbons (Fsp3) is 0.200. The quantitative estimate of drug-likeness (QED) is 0.437. The normalized spacial score (nSPS) is 16.5. The van der Waals surface area contributed by atoms with Crippen molar-refractivity contribution in [2.75, 3.05) is 11.4 Å². The minimum Gasteiger partial charge on any atom is -0.323 e. The van der Waals surface area contributed by atoms with E-state index in [2.05, 4.69) is 17.6 Å². The Balaban J connectivity index is 1.53. The molecule has 1 fully saturated rings. The molecular formula is C25H22ClN3O. The molecule has 30 heavy (non-hydrogen) atoms. The number of carbonyl (C=O) groups excluding carboxylic acids is 1. The SMILES string of the molecule is Cc1ccc(N2C[C@@H](c3nc4ccccc4n3Cc3ccccc3Cl)CC2=O)cc1. The Hall–Kier alpha value is -3.11. The summed E-state index contributed by atoms with van der Waals surface area (Å²) in [6, 6.07) is 24.1. The molecule has 0 radical (unpaired) electrons. The van der Waals surface area contributed by atoms with Gasteiger partial charge in [-0.05, 0) is 42.8 Å². The van der Waals surface area contributed by atoms with Crippen LogP contribution in [-0.4, -0.2) is 22.0 Å². The Kier molecular flexibility index (Phi) is 4.80. The monoisotopic (exact) mass is 415 g/mol. The lowest BCUT2D eigenvalue weighted by Gasteiger charge is -2.18. The number of amides is 1. The van der Waals surface area contributed by atoms with Gasteiger partial charge in [0, 0.05) is 29.6 Å². The maximum atomic E-state index is 12.9. The first kappa shape index (κ1) is 18.9. The highest BCUT2D eigenvalue weighted by molar-refractivity contribution is 6.31. The van der Waals surface area contributed by atoms with Crippen molar-refractivity contribution in [3.8, 4) is 0 Å². The van der Waals surface area contributed by atoms with E-state index in [1.54, 1.807) is 0 Å². The highest BCUT2D eigenvalue weighted by Gasteiger charge is 2.34. The van der Waals surface area contributed by atoms with Gasteiger partial charge < -0.3 is 9.47 Å². The zero-order valence-corrected chi connectivity index (χ0v) is 17.5. The van der Waals surface area contributed by atoms with Crippen LogP contribution in [0.2, 0.25) is 5.02 Å². The van der Waals surface area contributed by atoms with Crippen LogP contribution in [0, 0.1) is 6.92 Å². The Morgan fingerprint density at radius 2 is 1.73 bits per heavy atom. The van der Waals surface area contributed by atoms with Crippen molar-refractivity contribution in [2.45, 2.75) is 25.8 Å². The second kappa shape index (κ2) is 7.62. The highest BCUT2D eigenvalue weighted by Crippen LogP contribution is 2.34. The van der Waals surface area contributed by atoms with Gasteiger partial charge in [0.1, 0.15) is 5.82 Å². The number of benzene rings is 3. The van der Waals surface area contributed by atoms with Crippen LogP contribution in [0.3, 0.4) is 0 Å². The molecule has 3 aromatic carbocycles. The van der Waals surface area contributed by atoms with E-state index in [1.165, 1.54) is 5.56 Å². The van der Waals surface area contributed by atoms with Crippen molar-refractivity contribution in [3.63, 3.8) is 0 Å². The third-order valence-electron chi connectivity index (χ3n) is 5.81. The molecule has 1 atom stereocenters. The molecule has 0 unspecified atom stereocenters. The predicted molar refractivity (Wildman–Crippen MR) is 121 cm³/mol. The van der Waals surface area contributed by atoms with E-state index in [9.17, 15) is 4.79 Å². The summed E-state index contributed by atoms with van der Waals surface area (Å²) in [5.41, 5.74) is 5.18. The number of aromatic nitrogens is 2. The fourth-order valence-electron chi connectivity index (χ4n) is 4.22. The number of carbonyl (C=O) groups is 1. The number of rotatable bonds is 4. The van der Waals surface area contributed by atoms with Crippen LogP contribution in [0.1, 0.15) is 29.3 Å². The Labute approximate surface area is 180 Å². The van der Waals surface area contributed by atoms with E-state index in [1.807, 2.05) is 71.6 Å². The minimum atomic E-state index is 0.0358. The van der Waals surface area contributed by atoms with Crippen LogP contribution in [0.25, 0.3) is 11.0 Å². The summed E-state index contributed by atoms with van der Waals surface area (Å²) in [4.78, 5) is 19.7. The van der Waals surface area contributed by atoms with Gasteiger partial charge in [-0.15, -0.1) is 0 Å². The third kappa shape index (κ3) is 3.37. The van der Waals surface area contributed by atoms with Crippen LogP contribution in [0.4, 0.5) is 5.69 Å². The Bertz CT molecular complexity index is 1230. The zero-order valence-electron chi connectivity index (χ0n) is 16.8. The lowest BCUT2D eigenvalue weighted by atomic mass is 10.1. The van der Waals surface area contributed by atoms with Crippen molar-refractivity contribution in [3.05, 3.63) is 94.8 Å². The summed E-state index contributed by atoms with van der Waals surface area (Å²) >= 11 is 6.45. The summed E-state index contributed by atoms with van der Waals surface area (Å²) in [5.74, 6) is 1.12. The Morgan fingerprint density at radius 1 is 1.00 bits per heavy atom. The maximum absolute atomic E-state index is 12.9. The van der Waals surface area contributed by atoms with Gasteiger partial charge in [-0.2, -0.15) is 0 Å². The number of hydrogen-bond acceptors (Lipinski definition) is 2. The lowest BCUT2D eigenvalue weighted by Crippen LogP contribution is -2.24. The number of halogens is 1. The van der Waals surface area contributed by atoms with Crippen LogP contribution < -0.4 is 4.90 Å². The number of nitrogens with zero attached hydrogens (tertiary/aromatic N) is 3. The number of hydrogen-bond donors (Lipinski definition) is 0. The minimum absolute atomic E-state index is 0.0358. The van der Waals surface area contributed by atoms with Gasteiger partial charge in [-0.3, -0.25) is 4.79 Å². The Morgan fingerprint density at radius 3 is 2.53 bits per heavy atom. The predicted octanol–water partition coefficient (Wildman–Crippen LogP) is 5.57. The largest absolute Gasteiger partial charge is 0.323 e. The van der Waals surface area contributed by atoms with Gasteiger partial charge in [0.15, 0.2) is 0 Å².